The molecular formula is C21H19BrClNO3S. The van der Waals surface area contributed by atoms with Crippen molar-refractivity contribution >= 4 is 45.2 Å². The lowest BCUT2D eigenvalue weighted by Gasteiger charge is -2.09. The van der Waals surface area contributed by atoms with Crippen molar-refractivity contribution in [2.45, 2.75) is 18.1 Å². The lowest BCUT2D eigenvalue weighted by molar-refractivity contribution is 0.0921. The number of carbonyl (C=O) groups is 1. The number of amides is 1. The van der Waals surface area contributed by atoms with E-state index in [2.05, 4.69) is 21.2 Å². The summed E-state index contributed by atoms with van der Waals surface area (Å²) in [5.41, 5.74) is 1.97. The van der Waals surface area contributed by atoms with Crippen LogP contribution in [-0.4, -0.2) is 13.0 Å². The number of nitrogens with one attached hydrogen (secondary N) is 1. The van der Waals surface area contributed by atoms with Crippen molar-refractivity contribution in [2.75, 3.05) is 7.11 Å². The normalized spacial score (nSPS) is 10.7. The Labute approximate surface area is 181 Å². The lowest BCUT2D eigenvalue weighted by Crippen LogP contribution is -2.22. The zero-order valence-electron chi connectivity index (χ0n) is 15.2. The fraction of sp³-hybridized carbons (Fsp3) is 0.190. The molecule has 0 aliphatic heterocycles. The van der Waals surface area contributed by atoms with Crippen molar-refractivity contribution in [3.8, 4) is 5.75 Å². The Morgan fingerprint density at radius 2 is 1.96 bits per heavy atom. The average Bonchev–Trinajstić information content (AvgIpc) is 3.17. The Bertz CT molecular complexity index is 960. The fourth-order valence-corrected chi connectivity index (χ4v) is 4.22. The molecule has 1 N–H and O–H groups in total. The minimum Gasteiger partial charge on any atom is -0.496 e. The Balaban J connectivity index is 1.53. The number of hydrogen-bond acceptors (Lipinski definition) is 4. The number of halogens is 2. The number of benzene rings is 2. The fourth-order valence-electron chi connectivity index (χ4n) is 2.60. The molecule has 0 radical (unpaired) electrons. The van der Waals surface area contributed by atoms with Crippen molar-refractivity contribution in [3.63, 3.8) is 0 Å². The Hall–Kier alpha value is -1.89. The predicted octanol–water partition coefficient (Wildman–Crippen LogP) is 6.07. The van der Waals surface area contributed by atoms with Crippen LogP contribution in [0.4, 0.5) is 0 Å². The van der Waals surface area contributed by atoms with E-state index in [4.69, 9.17) is 20.8 Å². The van der Waals surface area contributed by atoms with E-state index >= 15 is 0 Å². The summed E-state index contributed by atoms with van der Waals surface area (Å²) < 4.78 is 11.9. The molecule has 4 nitrogen and oxygen atoms in total. The van der Waals surface area contributed by atoms with Crippen molar-refractivity contribution in [1.82, 2.24) is 5.32 Å². The van der Waals surface area contributed by atoms with E-state index in [-0.39, 0.29) is 5.91 Å². The first kappa shape index (κ1) is 20.8. The molecule has 0 atom stereocenters. The Kier molecular flexibility index (Phi) is 7.48. The van der Waals surface area contributed by atoms with Gasteiger partial charge in [-0.1, -0.05) is 45.7 Å². The highest BCUT2D eigenvalue weighted by molar-refractivity contribution is 9.10. The van der Waals surface area contributed by atoms with Gasteiger partial charge in [-0.2, -0.15) is 0 Å². The molecule has 0 aliphatic carbocycles. The Morgan fingerprint density at radius 1 is 1.14 bits per heavy atom. The number of carbonyl (C=O) groups excluding carboxylic acids is 1. The van der Waals surface area contributed by atoms with Gasteiger partial charge in [-0.15, -0.1) is 11.8 Å². The van der Waals surface area contributed by atoms with E-state index in [1.54, 1.807) is 24.9 Å². The average molecular weight is 481 g/mol. The van der Waals surface area contributed by atoms with Gasteiger partial charge in [0.1, 0.15) is 11.5 Å². The molecule has 1 aromatic heterocycles. The molecule has 0 saturated heterocycles. The van der Waals surface area contributed by atoms with Crippen LogP contribution in [0.2, 0.25) is 5.02 Å². The van der Waals surface area contributed by atoms with Crippen molar-refractivity contribution in [3.05, 3.63) is 86.7 Å². The first-order chi connectivity index (χ1) is 13.6. The monoisotopic (exact) mass is 479 g/mol. The first-order valence-corrected chi connectivity index (χ1v) is 10.9. The molecule has 28 heavy (non-hydrogen) atoms. The molecule has 0 fully saturated rings. The van der Waals surface area contributed by atoms with Gasteiger partial charge < -0.3 is 14.5 Å². The number of rotatable bonds is 8. The Morgan fingerprint density at radius 3 is 2.75 bits per heavy atom. The molecule has 0 saturated carbocycles. The van der Waals surface area contributed by atoms with Crippen LogP contribution in [0.15, 0.2) is 63.5 Å². The van der Waals surface area contributed by atoms with Crippen LogP contribution in [0.5, 0.6) is 5.75 Å². The maximum Gasteiger partial charge on any atom is 0.287 e. The third kappa shape index (κ3) is 5.56. The highest BCUT2D eigenvalue weighted by atomic mass is 79.9. The molecule has 1 amide bonds. The van der Waals surface area contributed by atoms with Crippen LogP contribution >= 0.6 is 39.3 Å². The summed E-state index contributed by atoms with van der Waals surface area (Å²) >= 11 is 11.3. The smallest absolute Gasteiger partial charge is 0.287 e. The SMILES string of the molecule is COc1ccc(Br)cc1CNC(=O)c1ccc(CSCc2ccccc2Cl)o1. The highest BCUT2D eigenvalue weighted by Crippen LogP contribution is 2.25. The maximum atomic E-state index is 12.4. The predicted molar refractivity (Wildman–Crippen MR) is 117 cm³/mol. The molecule has 146 valence electrons. The molecule has 0 spiro atoms. The van der Waals surface area contributed by atoms with Crippen molar-refractivity contribution in [1.29, 1.82) is 0 Å². The van der Waals surface area contributed by atoms with E-state index in [1.165, 1.54) is 0 Å². The third-order valence-corrected chi connectivity index (χ3v) is 5.89. The van der Waals surface area contributed by atoms with E-state index < -0.39 is 0 Å². The molecule has 1 heterocycles. The topological polar surface area (TPSA) is 51.5 Å². The number of ether oxygens (including phenoxy) is 1. The molecule has 0 bridgehead atoms. The summed E-state index contributed by atoms with van der Waals surface area (Å²) in [4.78, 5) is 12.4. The largest absolute Gasteiger partial charge is 0.496 e. The summed E-state index contributed by atoms with van der Waals surface area (Å²) in [6.45, 7) is 0.346. The molecule has 3 aromatic rings. The van der Waals surface area contributed by atoms with Gasteiger partial charge in [0.15, 0.2) is 5.76 Å². The summed E-state index contributed by atoms with van der Waals surface area (Å²) in [5.74, 6) is 2.95. The second-order valence-electron chi connectivity index (χ2n) is 5.99. The van der Waals surface area contributed by atoms with Gasteiger partial charge in [-0.25, -0.2) is 0 Å². The molecular weight excluding hydrogens is 462 g/mol. The summed E-state index contributed by atoms with van der Waals surface area (Å²) in [5, 5.41) is 3.62. The lowest BCUT2D eigenvalue weighted by atomic mass is 10.2. The minimum atomic E-state index is -0.260. The molecule has 2 aromatic carbocycles. The van der Waals surface area contributed by atoms with Gasteiger partial charge in [0, 0.05) is 27.4 Å². The molecule has 0 aliphatic rings. The molecule has 0 unspecified atom stereocenters. The first-order valence-electron chi connectivity index (χ1n) is 8.57. The van der Waals surface area contributed by atoms with Gasteiger partial charge in [-0.05, 0) is 42.0 Å². The zero-order chi connectivity index (χ0) is 19.9. The van der Waals surface area contributed by atoms with Gasteiger partial charge in [0.05, 0.1) is 12.9 Å². The van der Waals surface area contributed by atoms with Crippen LogP contribution in [-0.2, 0) is 18.1 Å². The van der Waals surface area contributed by atoms with Crippen LogP contribution in [0.3, 0.4) is 0 Å². The maximum absolute atomic E-state index is 12.4. The van der Waals surface area contributed by atoms with E-state index in [1.807, 2.05) is 48.5 Å². The number of methoxy groups -OCH3 is 1. The van der Waals surface area contributed by atoms with Gasteiger partial charge >= 0.3 is 0 Å². The van der Waals surface area contributed by atoms with E-state index in [0.29, 0.717) is 18.1 Å². The van der Waals surface area contributed by atoms with Crippen molar-refractivity contribution < 1.29 is 13.9 Å². The quantitative estimate of drug-likeness (QED) is 0.425. The highest BCUT2D eigenvalue weighted by Gasteiger charge is 2.13. The van der Waals surface area contributed by atoms with Gasteiger partial charge in [-0.3, -0.25) is 4.79 Å². The van der Waals surface area contributed by atoms with E-state index in [0.717, 1.165) is 37.9 Å². The van der Waals surface area contributed by atoms with E-state index in [9.17, 15) is 4.79 Å². The third-order valence-electron chi connectivity index (χ3n) is 4.03. The zero-order valence-corrected chi connectivity index (χ0v) is 18.4. The second kappa shape index (κ2) is 10.0. The van der Waals surface area contributed by atoms with Gasteiger partial charge in [0.25, 0.3) is 5.91 Å². The standard InChI is InChI=1S/C21H19BrClNO3S/c1-26-19-8-6-16(22)10-15(19)11-24-21(25)20-9-7-17(27-20)13-28-12-14-4-2-3-5-18(14)23/h2-10H,11-13H2,1H3,(H,24,25). The van der Waals surface area contributed by atoms with Gasteiger partial charge in [0.2, 0.25) is 0 Å². The van der Waals surface area contributed by atoms with Crippen LogP contribution in [0.1, 0.15) is 27.4 Å². The number of hydrogen-bond donors (Lipinski definition) is 1. The number of thioether (sulfide) groups is 1. The summed E-state index contributed by atoms with van der Waals surface area (Å²) in [7, 11) is 1.60. The second-order valence-corrected chi connectivity index (χ2v) is 8.30. The van der Waals surface area contributed by atoms with Crippen LogP contribution in [0.25, 0.3) is 0 Å². The molecule has 7 heteroatoms. The van der Waals surface area contributed by atoms with Crippen LogP contribution in [0, 0.1) is 0 Å². The number of furan rings is 1. The van der Waals surface area contributed by atoms with Crippen LogP contribution < -0.4 is 10.1 Å². The van der Waals surface area contributed by atoms with Crippen molar-refractivity contribution in [2.24, 2.45) is 0 Å². The molecule has 3 rings (SSSR count). The summed E-state index contributed by atoms with van der Waals surface area (Å²) in [6, 6.07) is 17.0. The minimum absolute atomic E-state index is 0.260. The summed E-state index contributed by atoms with van der Waals surface area (Å²) in [6.07, 6.45) is 0.